The fraction of sp³-hybridized carbons (Fsp3) is 0.333. The standard InChI is InChI=1S/C9H10F3NO2S/c1-13(2)7-3-5-8(6-4-7)16(14,15)9(10,11)12/h3-6H,1-2H3. The lowest BCUT2D eigenvalue weighted by molar-refractivity contribution is -0.0436. The smallest absolute Gasteiger partial charge is 0.378 e. The summed E-state index contributed by atoms with van der Waals surface area (Å²) in [6, 6.07) is 4.52. The van der Waals surface area contributed by atoms with E-state index in [0.717, 1.165) is 12.1 Å². The van der Waals surface area contributed by atoms with E-state index in [1.54, 1.807) is 19.0 Å². The Labute approximate surface area is 91.4 Å². The van der Waals surface area contributed by atoms with Gasteiger partial charge >= 0.3 is 5.51 Å². The highest BCUT2D eigenvalue weighted by molar-refractivity contribution is 7.92. The van der Waals surface area contributed by atoms with Gasteiger partial charge in [0.2, 0.25) is 0 Å². The molecule has 0 fully saturated rings. The van der Waals surface area contributed by atoms with Gasteiger partial charge in [0, 0.05) is 19.8 Å². The molecule has 0 amide bonds. The number of hydrogen-bond donors (Lipinski definition) is 0. The summed E-state index contributed by atoms with van der Waals surface area (Å²) in [5.74, 6) is 0. The molecule has 0 saturated carbocycles. The van der Waals surface area contributed by atoms with E-state index in [2.05, 4.69) is 0 Å². The minimum atomic E-state index is -5.26. The van der Waals surface area contributed by atoms with E-state index in [0.29, 0.717) is 5.69 Å². The summed E-state index contributed by atoms with van der Waals surface area (Å²) < 4.78 is 58.5. The van der Waals surface area contributed by atoms with Gasteiger partial charge in [0.15, 0.2) is 0 Å². The summed E-state index contributed by atoms with van der Waals surface area (Å²) >= 11 is 0. The van der Waals surface area contributed by atoms with Crippen molar-refractivity contribution in [1.29, 1.82) is 0 Å². The first-order chi connectivity index (χ1) is 7.16. The minimum absolute atomic E-state index is 0.626. The van der Waals surface area contributed by atoms with Crippen molar-refractivity contribution in [2.24, 2.45) is 0 Å². The molecule has 0 saturated heterocycles. The zero-order valence-electron chi connectivity index (χ0n) is 8.62. The average molecular weight is 253 g/mol. The van der Waals surface area contributed by atoms with Crippen LogP contribution in [0, 0.1) is 0 Å². The van der Waals surface area contributed by atoms with Crippen molar-refractivity contribution in [2.45, 2.75) is 10.4 Å². The van der Waals surface area contributed by atoms with Gasteiger partial charge in [-0.3, -0.25) is 0 Å². The highest BCUT2D eigenvalue weighted by Crippen LogP contribution is 2.30. The Kier molecular flexibility index (Phi) is 3.18. The molecule has 0 aliphatic carbocycles. The number of anilines is 1. The topological polar surface area (TPSA) is 37.4 Å². The second kappa shape index (κ2) is 3.97. The first-order valence-corrected chi connectivity index (χ1v) is 5.73. The molecule has 3 nitrogen and oxygen atoms in total. The normalized spacial score (nSPS) is 12.6. The van der Waals surface area contributed by atoms with Gasteiger partial charge in [-0.1, -0.05) is 0 Å². The van der Waals surface area contributed by atoms with Crippen molar-refractivity contribution in [2.75, 3.05) is 19.0 Å². The fourth-order valence-electron chi connectivity index (χ4n) is 1.06. The van der Waals surface area contributed by atoms with E-state index in [9.17, 15) is 21.6 Å². The van der Waals surface area contributed by atoms with Crippen LogP contribution in [0.3, 0.4) is 0 Å². The van der Waals surface area contributed by atoms with Crippen LogP contribution in [0.4, 0.5) is 18.9 Å². The summed E-state index contributed by atoms with van der Waals surface area (Å²) in [5.41, 5.74) is -4.63. The second-order valence-electron chi connectivity index (χ2n) is 3.34. The predicted molar refractivity (Wildman–Crippen MR) is 54.0 cm³/mol. The molecule has 1 rings (SSSR count). The Balaban J connectivity index is 3.18. The van der Waals surface area contributed by atoms with E-state index in [4.69, 9.17) is 0 Å². The second-order valence-corrected chi connectivity index (χ2v) is 5.28. The summed E-state index contributed by atoms with van der Waals surface area (Å²) in [7, 11) is -1.83. The zero-order valence-corrected chi connectivity index (χ0v) is 9.43. The number of alkyl halides is 3. The SMILES string of the molecule is CN(C)c1ccc(S(=O)(=O)C(F)(F)F)cc1. The first-order valence-electron chi connectivity index (χ1n) is 4.25. The molecule has 0 N–H and O–H groups in total. The van der Waals surface area contributed by atoms with E-state index in [1.165, 1.54) is 12.1 Å². The zero-order chi connectivity index (χ0) is 12.6. The summed E-state index contributed by atoms with van der Waals surface area (Å²) in [6.45, 7) is 0. The van der Waals surface area contributed by atoms with Crippen LogP contribution in [0.25, 0.3) is 0 Å². The van der Waals surface area contributed by atoms with Crippen LogP contribution in [-0.2, 0) is 9.84 Å². The van der Waals surface area contributed by atoms with Gasteiger partial charge in [0.1, 0.15) is 0 Å². The Morgan fingerprint density at radius 3 is 1.81 bits per heavy atom. The maximum absolute atomic E-state index is 12.2. The van der Waals surface area contributed by atoms with Gasteiger partial charge in [-0.15, -0.1) is 0 Å². The summed E-state index contributed by atoms with van der Waals surface area (Å²) in [5, 5.41) is 0. The Hall–Kier alpha value is -1.24. The van der Waals surface area contributed by atoms with Crippen LogP contribution in [0.2, 0.25) is 0 Å². The minimum Gasteiger partial charge on any atom is -0.378 e. The van der Waals surface area contributed by atoms with E-state index >= 15 is 0 Å². The molecule has 0 bridgehead atoms. The van der Waals surface area contributed by atoms with E-state index in [-0.39, 0.29) is 0 Å². The van der Waals surface area contributed by atoms with Crippen LogP contribution < -0.4 is 4.90 Å². The number of rotatable bonds is 2. The maximum atomic E-state index is 12.2. The Morgan fingerprint density at radius 2 is 1.50 bits per heavy atom. The maximum Gasteiger partial charge on any atom is 0.501 e. The van der Waals surface area contributed by atoms with Crippen LogP contribution in [0.1, 0.15) is 0 Å². The number of halogens is 3. The monoisotopic (exact) mass is 253 g/mol. The van der Waals surface area contributed by atoms with Crippen molar-refractivity contribution in [3.63, 3.8) is 0 Å². The van der Waals surface area contributed by atoms with Crippen molar-refractivity contribution in [3.8, 4) is 0 Å². The largest absolute Gasteiger partial charge is 0.501 e. The Morgan fingerprint density at radius 1 is 1.06 bits per heavy atom. The number of benzene rings is 1. The lowest BCUT2D eigenvalue weighted by atomic mass is 10.3. The lowest BCUT2D eigenvalue weighted by Crippen LogP contribution is -2.23. The number of sulfone groups is 1. The molecule has 0 radical (unpaired) electrons. The van der Waals surface area contributed by atoms with Gasteiger partial charge < -0.3 is 4.90 Å². The van der Waals surface area contributed by atoms with E-state index in [1.807, 2.05) is 0 Å². The molecule has 1 aromatic carbocycles. The molecule has 0 unspecified atom stereocenters. The van der Waals surface area contributed by atoms with Crippen LogP contribution in [0.5, 0.6) is 0 Å². The molecule has 0 aliphatic heterocycles. The average Bonchev–Trinajstić information content (AvgIpc) is 2.16. The van der Waals surface area contributed by atoms with Crippen LogP contribution in [0.15, 0.2) is 29.2 Å². The first kappa shape index (κ1) is 12.8. The van der Waals surface area contributed by atoms with Crippen LogP contribution in [-0.4, -0.2) is 28.0 Å². The fourth-order valence-corrected chi connectivity index (χ4v) is 1.82. The number of nitrogens with zero attached hydrogens (tertiary/aromatic N) is 1. The van der Waals surface area contributed by atoms with Gasteiger partial charge in [-0.05, 0) is 24.3 Å². The quantitative estimate of drug-likeness (QED) is 0.809. The molecule has 1 aromatic rings. The highest BCUT2D eigenvalue weighted by Gasteiger charge is 2.46. The third kappa shape index (κ3) is 2.29. The summed E-state index contributed by atoms with van der Waals surface area (Å²) in [6.07, 6.45) is 0. The molecule has 0 atom stereocenters. The molecule has 0 aromatic heterocycles. The van der Waals surface area contributed by atoms with Gasteiger partial charge in [-0.2, -0.15) is 13.2 Å². The van der Waals surface area contributed by atoms with Gasteiger partial charge in [0.25, 0.3) is 9.84 Å². The third-order valence-corrected chi connectivity index (χ3v) is 3.47. The molecule has 7 heteroatoms. The summed E-state index contributed by atoms with van der Waals surface area (Å²) in [4.78, 5) is 0.912. The van der Waals surface area contributed by atoms with Crippen molar-refractivity contribution >= 4 is 15.5 Å². The van der Waals surface area contributed by atoms with Crippen molar-refractivity contribution < 1.29 is 21.6 Å². The van der Waals surface area contributed by atoms with Crippen LogP contribution >= 0.6 is 0 Å². The Bertz CT molecular complexity index is 463. The van der Waals surface area contributed by atoms with E-state index < -0.39 is 20.2 Å². The molecule has 0 spiro atoms. The van der Waals surface area contributed by atoms with Crippen molar-refractivity contribution in [1.82, 2.24) is 0 Å². The van der Waals surface area contributed by atoms with Gasteiger partial charge in [0.05, 0.1) is 4.90 Å². The van der Waals surface area contributed by atoms with Crippen molar-refractivity contribution in [3.05, 3.63) is 24.3 Å². The third-order valence-electron chi connectivity index (χ3n) is 1.97. The molecule has 90 valence electrons. The molecular formula is C9H10F3NO2S. The molecule has 16 heavy (non-hydrogen) atoms. The molecule has 0 aliphatic rings. The molecular weight excluding hydrogens is 243 g/mol. The van der Waals surface area contributed by atoms with Gasteiger partial charge in [-0.25, -0.2) is 8.42 Å². The molecule has 0 heterocycles. The number of hydrogen-bond acceptors (Lipinski definition) is 3. The highest BCUT2D eigenvalue weighted by atomic mass is 32.2. The lowest BCUT2D eigenvalue weighted by Gasteiger charge is -2.13. The predicted octanol–water partition coefficient (Wildman–Crippen LogP) is 2.05.